The number of hydrogen-bond donors (Lipinski definition) is 0. The Morgan fingerprint density at radius 2 is 1.61 bits per heavy atom. The lowest BCUT2D eigenvalue weighted by atomic mass is 9.88. The number of amides is 2. The summed E-state index contributed by atoms with van der Waals surface area (Å²) >= 11 is 0. The van der Waals surface area contributed by atoms with Crippen LogP contribution in [0.15, 0.2) is 24.2 Å². The third kappa shape index (κ3) is 5.26. The summed E-state index contributed by atoms with van der Waals surface area (Å²) < 4.78 is 25.7. The minimum atomic E-state index is -3.78. The SMILES string of the molecule is CC(C)[C@H]1C(=O)N(S(C)(=O)=O)C2=CCN(C(=O)c3cnc(CN(C4CCCCC4)C4CCCCC4)cn3)[C@@H]21. The largest absolute Gasteiger partial charge is 0.324 e. The van der Waals surface area contributed by atoms with Crippen LogP contribution in [0.1, 0.15) is 94.2 Å². The van der Waals surface area contributed by atoms with Crippen molar-refractivity contribution in [2.24, 2.45) is 11.8 Å². The summed E-state index contributed by atoms with van der Waals surface area (Å²) in [4.78, 5) is 40.0. The van der Waals surface area contributed by atoms with Crippen molar-refractivity contribution in [1.82, 2.24) is 24.1 Å². The van der Waals surface area contributed by atoms with Crippen molar-refractivity contribution in [3.05, 3.63) is 35.6 Å². The summed E-state index contributed by atoms with van der Waals surface area (Å²) in [6, 6.07) is 0.573. The van der Waals surface area contributed by atoms with Gasteiger partial charge in [0.05, 0.1) is 42.0 Å². The molecular formula is C28H41N5O4S. The predicted octanol–water partition coefficient (Wildman–Crippen LogP) is 3.73. The standard InChI is InChI=1S/C28H41N5O4S/c1-19(2)25-26-24(33(28(25)35)38(3,36)37)14-15-31(26)27(34)23-17-29-20(16-30-23)18-32(21-10-6-4-7-11-21)22-12-8-5-9-13-22/h14,16-17,19,21-22,25-26H,4-13,15,18H2,1-3H3/t25-,26+/m1/s1. The first-order valence-corrected chi connectivity index (χ1v) is 16.1. The molecular weight excluding hydrogens is 502 g/mol. The average molecular weight is 544 g/mol. The van der Waals surface area contributed by atoms with E-state index >= 15 is 0 Å². The molecule has 2 aliphatic carbocycles. The number of hydrogen-bond acceptors (Lipinski definition) is 7. The Bertz CT molecular complexity index is 1150. The van der Waals surface area contributed by atoms with Crippen molar-refractivity contribution in [3.8, 4) is 0 Å². The van der Waals surface area contributed by atoms with Crippen molar-refractivity contribution in [3.63, 3.8) is 0 Å². The smallest absolute Gasteiger partial charge is 0.274 e. The second kappa shape index (κ2) is 11.0. The summed E-state index contributed by atoms with van der Waals surface area (Å²) in [5, 5.41) is 0. The average Bonchev–Trinajstić information content (AvgIpc) is 3.44. The molecule has 9 nitrogen and oxygen atoms in total. The van der Waals surface area contributed by atoms with E-state index in [1.54, 1.807) is 23.4 Å². The maximum Gasteiger partial charge on any atom is 0.274 e. The molecule has 1 aromatic rings. The topological polar surface area (TPSA) is 104 Å². The van der Waals surface area contributed by atoms with Crippen LogP contribution >= 0.6 is 0 Å². The van der Waals surface area contributed by atoms with E-state index in [0.29, 0.717) is 17.8 Å². The molecule has 38 heavy (non-hydrogen) atoms. The molecule has 3 heterocycles. The zero-order chi connectivity index (χ0) is 27.0. The molecule has 0 radical (unpaired) electrons. The molecule has 0 aromatic carbocycles. The van der Waals surface area contributed by atoms with Gasteiger partial charge in [0, 0.05) is 25.2 Å². The lowest BCUT2D eigenvalue weighted by Gasteiger charge is -2.41. The molecule has 2 aliphatic heterocycles. The van der Waals surface area contributed by atoms with E-state index in [2.05, 4.69) is 14.9 Å². The van der Waals surface area contributed by atoms with Crippen LogP contribution in [-0.4, -0.2) is 75.2 Å². The van der Waals surface area contributed by atoms with Crippen molar-refractivity contribution in [2.75, 3.05) is 12.8 Å². The fraction of sp³-hybridized carbons (Fsp3) is 0.714. The molecule has 1 saturated heterocycles. The van der Waals surface area contributed by atoms with Crippen LogP contribution in [-0.2, 0) is 21.4 Å². The summed E-state index contributed by atoms with van der Waals surface area (Å²) in [5.74, 6) is -1.54. The predicted molar refractivity (Wildman–Crippen MR) is 144 cm³/mol. The summed E-state index contributed by atoms with van der Waals surface area (Å²) in [7, 11) is -3.78. The minimum Gasteiger partial charge on any atom is -0.324 e. The number of nitrogens with zero attached hydrogens (tertiary/aromatic N) is 5. The van der Waals surface area contributed by atoms with Gasteiger partial charge < -0.3 is 4.90 Å². The van der Waals surface area contributed by atoms with Crippen LogP contribution in [0.4, 0.5) is 0 Å². The highest BCUT2D eigenvalue weighted by atomic mass is 32.2. The first-order valence-electron chi connectivity index (χ1n) is 14.3. The molecule has 2 saturated carbocycles. The van der Waals surface area contributed by atoms with Crippen LogP contribution in [0.5, 0.6) is 0 Å². The molecule has 0 spiro atoms. The molecule has 3 fully saturated rings. The molecule has 0 unspecified atom stereocenters. The Labute approximate surface area is 226 Å². The number of rotatable bonds is 7. The minimum absolute atomic E-state index is 0.130. The van der Waals surface area contributed by atoms with Gasteiger partial charge in [0.2, 0.25) is 15.9 Å². The Morgan fingerprint density at radius 1 is 1.00 bits per heavy atom. The van der Waals surface area contributed by atoms with E-state index in [9.17, 15) is 18.0 Å². The second-order valence-corrected chi connectivity index (χ2v) is 13.6. The molecule has 1 aromatic heterocycles. The number of carbonyl (C=O) groups is 2. The highest BCUT2D eigenvalue weighted by molar-refractivity contribution is 7.89. The van der Waals surface area contributed by atoms with E-state index in [1.165, 1.54) is 64.2 Å². The number of carbonyl (C=O) groups excluding carboxylic acids is 2. The lowest BCUT2D eigenvalue weighted by Crippen LogP contribution is -2.45. The fourth-order valence-corrected chi connectivity index (χ4v) is 8.06. The van der Waals surface area contributed by atoms with E-state index < -0.39 is 27.9 Å². The normalized spacial score (nSPS) is 25.4. The summed E-state index contributed by atoms with van der Waals surface area (Å²) in [6.45, 7) is 4.75. The van der Waals surface area contributed by atoms with E-state index in [-0.39, 0.29) is 24.1 Å². The van der Waals surface area contributed by atoms with Crippen molar-refractivity contribution in [2.45, 2.75) is 103 Å². The highest BCUT2D eigenvalue weighted by Gasteiger charge is 2.55. The Kier molecular flexibility index (Phi) is 7.91. The maximum absolute atomic E-state index is 13.5. The van der Waals surface area contributed by atoms with Crippen LogP contribution in [0, 0.1) is 11.8 Å². The molecule has 10 heteroatoms. The van der Waals surface area contributed by atoms with Gasteiger partial charge in [-0.05, 0) is 37.7 Å². The van der Waals surface area contributed by atoms with Crippen molar-refractivity contribution in [1.29, 1.82) is 0 Å². The first kappa shape index (κ1) is 27.2. The first-order chi connectivity index (χ1) is 18.2. The number of sulfonamides is 1. The monoisotopic (exact) mass is 543 g/mol. The third-order valence-corrected chi connectivity index (χ3v) is 9.92. The number of fused-ring (bicyclic) bond motifs is 1. The van der Waals surface area contributed by atoms with Gasteiger partial charge in [0.15, 0.2) is 0 Å². The zero-order valence-corrected chi connectivity index (χ0v) is 23.7. The second-order valence-electron chi connectivity index (χ2n) is 11.8. The van der Waals surface area contributed by atoms with Crippen LogP contribution in [0.25, 0.3) is 0 Å². The third-order valence-electron chi connectivity index (χ3n) is 8.86. The molecule has 5 rings (SSSR count). The van der Waals surface area contributed by atoms with Gasteiger partial charge in [-0.15, -0.1) is 0 Å². The summed E-state index contributed by atoms with van der Waals surface area (Å²) in [5.41, 5.74) is 1.47. The van der Waals surface area contributed by atoms with Crippen LogP contribution in [0.2, 0.25) is 0 Å². The van der Waals surface area contributed by atoms with Crippen molar-refractivity contribution < 1.29 is 18.0 Å². The molecule has 4 aliphatic rings. The molecule has 0 N–H and O–H groups in total. The van der Waals surface area contributed by atoms with E-state index in [4.69, 9.17) is 0 Å². The van der Waals surface area contributed by atoms with Crippen LogP contribution in [0.3, 0.4) is 0 Å². The van der Waals surface area contributed by atoms with Crippen LogP contribution < -0.4 is 0 Å². The zero-order valence-electron chi connectivity index (χ0n) is 22.9. The van der Waals surface area contributed by atoms with Gasteiger partial charge in [0.1, 0.15) is 5.69 Å². The Balaban J connectivity index is 1.33. The Morgan fingerprint density at radius 3 is 2.11 bits per heavy atom. The van der Waals surface area contributed by atoms with Gasteiger partial charge in [-0.1, -0.05) is 52.4 Å². The van der Waals surface area contributed by atoms with Gasteiger partial charge in [-0.3, -0.25) is 19.5 Å². The van der Waals surface area contributed by atoms with Gasteiger partial charge in [0.25, 0.3) is 5.91 Å². The van der Waals surface area contributed by atoms with E-state index in [1.807, 2.05) is 13.8 Å². The van der Waals surface area contributed by atoms with Crippen molar-refractivity contribution >= 4 is 21.8 Å². The molecule has 2 amide bonds. The maximum atomic E-state index is 13.5. The fourth-order valence-electron chi connectivity index (χ4n) is 7.04. The molecule has 2 atom stereocenters. The Hall–Kier alpha value is -2.33. The molecule has 0 bridgehead atoms. The quantitative estimate of drug-likeness (QED) is 0.516. The summed E-state index contributed by atoms with van der Waals surface area (Å²) in [6.07, 6.45) is 18.8. The molecule has 208 valence electrons. The van der Waals surface area contributed by atoms with Gasteiger partial charge >= 0.3 is 0 Å². The van der Waals surface area contributed by atoms with Gasteiger partial charge in [-0.2, -0.15) is 0 Å². The van der Waals surface area contributed by atoms with Gasteiger partial charge in [-0.25, -0.2) is 17.7 Å². The van der Waals surface area contributed by atoms with E-state index in [0.717, 1.165) is 22.8 Å². The lowest BCUT2D eigenvalue weighted by molar-refractivity contribution is -0.128. The number of aromatic nitrogens is 2. The highest BCUT2D eigenvalue weighted by Crippen LogP contribution is 2.41.